The van der Waals surface area contributed by atoms with Gasteiger partial charge in [0.1, 0.15) is 6.54 Å². The normalized spacial score (nSPS) is 17.7. The monoisotopic (exact) mass is 416 g/mol. The van der Waals surface area contributed by atoms with Gasteiger partial charge in [0.25, 0.3) is 0 Å². The van der Waals surface area contributed by atoms with Gasteiger partial charge in [0.15, 0.2) is 0 Å². The second-order valence-corrected chi connectivity index (χ2v) is 7.63. The van der Waals surface area contributed by atoms with Gasteiger partial charge in [-0.3, -0.25) is 19.3 Å². The first kappa shape index (κ1) is 21.5. The highest BCUT2D eigenvalue weighted by atomic mass is 16.5. The van der Waals surface area contributed by atoms with Gasteiger partial charge in [0.05, 0.1) is 30.8 Å². The predicted octanol–water partition coefficient (Wildman–Crippen LogP) is 1.91. The number of anilines is 1. The number of esters is 2. The molecule has 1 aliphatic heterocycles. The topological polar surface area (TPSA) is 119 Å². The van der Waals surface area contributed by atoms with Crippen LogP contribution >= 0.6 is 0 Å². The first-order chi connectivity index (χ1) is 14.3. The zero-order valence-corrected chi connectivity index (χ0v) is 17.0. The van der Waals surface area contributed by atoms with Crippen molar-refractivity contribution < 1.29 is 33.4 Å². The number of imide groups is 1. The number of likely N-dealkylation sites (tertiary alicyclic amines) is 1. The predicted molar refractivity (Wildman–Crippen MR) is 105 cm³/mol. The van der Waals surface area contributed by atoms with E-state index in [2.05, 4.69) is 14.8 Å². The number of carbonyl (C=O) groups excluding carboxylic acids is 5. The Bertz CT molecular complexity index is 868. The molecule has 30 heavy (non-hydrogen) atoms. The lowest BCUT2D eigenvalue weighted by molar-refractivity contribution is -0.144. The summed E-state index contributed by atoms with van der Waals surface area (Å²) in [6, 6.07) is 3.96. The van der Waals surface area contributed by atoms with Crippen molar-refractivity contribution in [3.05, 3.63) is 29.3 Å². The molecule has 9 heteroatoms. The molecule has 1 saturated heterocycles. The van der Waals surface area contributed by atoms with Crippen molar-refractivity contribution in [2.24, 2.45) is 5.41 Å². The summed E-state index contributed by atoms with van der Waals surface area (Å²) in [5.74, 6) is -2.64. The molecule has 1 heterocycles. The second kappa shape index (κ2) is 8.64. The zero-order chi connectivity index (χ0) is 21.9. The van der Waals surface area contributed by atoms with Crippen LogP contribution in [0.15, 0.2) is 18.2 Å². The van der Waals surface area contributed by atoms with Crippen molar-refractivity contribution in [3.63, 3.8) is 0 Å². The molecule has 3 rings (SSSR count). The number of ether oxygens (including phenoxy) is 2. The van der Waals surface area contributed by atoms with Gasteiger partial charge in [0.2, 0.25) is 17.7 Å². The molecule has 0 unspecified atom stereocenters. The molecule has 0 bridgehead atoms. The van der Waals surface area contributed by atoms with E-state index < -0.39 is 29.8 Å². The Morgan fingerprint density at radius 2 is 1.53 bits per heavy atom. The Labute approximate surface area is 173 Å². The largest absolute Gasteiger partial charge is 0.465 e. The Morgan fingerprint density at radius 1 is 0.967 bits per heavy atom. The summed E-state index contributed by atoms with van der Waals surface area (Å²) in [7, 11) is 2.38. The summed E-state index contributed by atoms with van der Waals surface area (Å²) in [5.41, 5.74) is -0.427. The molecule has 1 aromatic rings. The summed E-state index contributed by atoms with van der Waals surface area (Å²) in [4.78, 5) is 62.5. The molecule has 3 amide bonds. The van der Waals surface area contributed by atoms with Crippen LogP contribution in [-0.4, -0.2) is 55.3 Å². The maximum absolute atomic E-state index is 12.8. The van der Waals surface area contributed by atoms with E-state index in [1.807, 2.05) is 0 Å². The van der Waals surface area contributed by atoms with Crippen molar-refractivity contribution in [2.75, 3.05) is 26.1 Å². The van der Waals surface area contributed by atoms with Gasteiger partial charge in [-0.15, -0.1) is 0 Å². The van der Waals surface area contributed by atoms with Gasteiger partial charge in [-0.1, -0.05) is 19.3 Å². The third-order valence-corrected chi connectivity index (χ3v) is 5.66. The van der Waals surface area contributed by atoms with Gasteiger partial charge in [-0.05, 0) is 31.0 Å². The molecular weight excluding hydrogens is 392 g/mol. The number of nitrogens with one attached hydrogen (secondary N) is 1. The Kier molecular flexibility index (Phi) is 6.19. The summed E-state index contributed by atoms with van der Waals surface area (Å²) < 4.78 is 9.33. The third kappa shape index (κ3) is 4.19. The average Bonchev–Trinajstić information content (AvgIpc) is 2.96. The lowest BCUT2D eigenvalue weighted by Gasteiger charge is -2.30. The summed E-state index contributed by atoms with van der Waals surface area (Å²) in [6.07, 6.45) is 4.32. The number of hydrogen-bond donors (Lipinski definition) is 1. The zero-order valence-electron chi connectivity index (χ0n) is 17.0. The highest BCUT2D eigenvalue weighted by Gasteiger charge is 2.51. The SMILES string of the molecule is COC(=O)c1cc(NC(=O)CN2C(=O)CC3(CCCCC3)C2=O)cc(C(=O)OC)c1. The molecule has 1 saturated carbocycles. The maximum atomic E-state index is 12.8. The molecule has 1 spiro atoms. The summed E-state index contributed by atoms with van der Waals surface area (Å²) in [5, 5.41) is 2.54. The fraction of sp³-hybridized carbons (Fsp3) is 0.476. The number of nitrogens with zero attached hydrogens (tertiary/aromatic N) is 1. The molecule has 9 nitrogen and oxygen atoms in total. The quantitative estimate of drug-likeness (QED) is 0.575. The van der Waals surface area contributed by atoms with E-state index >= 15 is 0 Å². The van der Waals surface area contributed by atoms with Crippen LogP contribution in [0.1, 0.15) is 59.2 Å². The van der Waals surface area contributed by atoms with Gasteiger partial charge < -0.3 is 14.8 Å². The van der Waals surface area contributed by atoms with E-state index in [1.165, 1.54) is 32.4 Å². The molecule has 0 aromatic heterocycles. The molecular formula is C21H24N2O7. The number of rotatable bonds is 5. The van der Waals surface area contributed by atoms with Crippen molar-refractivity contribution in [1.29, 1.82) is 0 Å². The van der Waals surface area contributed by atoms with E-state index in [0.29, 0.717) is 12.8 Å². The Balaban J connectivity index is 1.75. The van der Waals surface area contributed by atoms with Crippen LogP contribution in [0.3, 0.4) is 0 Å². The van der Waals surface area contributed by atoms with Gasteiger partial charge >= 0.3 is 11.9 Å². The first-order valence-corrected chi connectivity index (χ1v) is 9.76. The Hall–Kier alpha value is -3.23. The van der Waals surface area contributed by atoms with Crippen LogP contribution in [-0.2, 0) is 23.9 Å². The third-order valence-electron chi connectivity index (χ3n) is 5.66. The van der Waals surface area contributed by atoms with Crippen LogP contribution in [0.25, 0.3) is 0 Å². The van der Waals surface area contributed by atoms with Crippen molar-refractivity contribution in [2.45, 2.75) is 38.5 Å². The number of amides is 3. The fourth-order valence-corrected chi connectivity index (χ4v) is 4.15. The number of hydrogen-bond acceptors (Lipinski definition) is 7. The van der Waals surface area contributed by atoms with Crippen LogP contribution in [0, 0.1) is 5.41 Å². The van der Waals surface area contributed by atoms with E-state index in [-0.39, 0.29) is 35.0 Å². The molecule has 1 N–H and O–H groups in total. The molecule has 2 aliphatic rings. The van der Waals surface area contributed by atoms with Crippen molar-refractivity contribution >= 4 is 35.3 Å². The van der Waals surface area contributed by atoms with Crippen LogP contribution in [0.5, 0.6) is 0 Å². The van der Waals surface area contributed by atoms with E-state index in [4.69, 9.17) is 0 Å². The van der Waals surface area contributed by atoms with Gasteiger partial charge in [-0.2, -0.15) is 0 Å². The lowest BCUT2D eigenvalue weighted by Crippen LogP contribution is -2.41. The van der Waals surface area contributed by atoms with Crippen LogP contribution < -0.4 is 5.32 Å². The van der Waals surface area contributed by atoms with Crippen molar-refractivity contribution in [1.82, 2.24) is 4.90 Å². The molecule has 160 valence electrons. The maximum Gasteiger partial charge on any atom is 0.337 e. The smallest absolute Gasteiger partial charge is 0.337 e. The molecule has 0 radical (unpaired) electrons. The number of carbonyl (C=O) groups is 5. The number of benzene rings is 1. The van der Waals surface area contributed by atoms with Gasteiger partial charge in [-0.25, -0.2) is 9.59 Å². The lowest BCUT2D eigenvalue weighted by atomic mass is 9.73. The highest BCUT2D eigenvalue weighted by molar-refractivity contribution is 6.09. The Morgan fingerprint density at radius 3 is 2.07 bits per heavy atom. The summed E-state index contributed by atoms with van der Waals surface area (Å²) >= 11 is 0. The fourth-order valence-electron chi connectivity index (χ4n) is 4.15. The van der Waals surface area contributed by atoms with Gasteiger partial charge in [0, 0.05) is 12.1 Å². The average molecular weight is 416 g/mol. The standard InChI is InChI=1S/C21H24N2O7/c1-29-18(26)13-8-14(19(27)30-2)10-15(9-13)22-16(24)12-23-17(25)11-21(20(23)28)6-4-3-5-7-21/h8-10H,3-7,11-12H2,1-2H3,(H,22,24). The molecule has 1 aromatic carbocycles. The first-order valence-electron chi connectivity index (χ1n) is 9.76. The highest BCUT2D eigenvalue weighted by Crippen LogP contribution is 2.45. The molecule has 1 aliphatic carbocycles. The van der Waals surface area contributed by atoms with Crippen LogP contribution in [0.2, 0.25) is 0 Å². The van der Waals surface area contributed by atoms with E-state index in [1.54, 1.807) is 0 Å². The number of methoxy groups -OCH3 is 2. The minimum Gasteiger partial charge on any atom is -0.465 e. The summed E-state index contributed by atoms with van der Waals surface area (Å²) in [6.45, 7) is -0.421. The minimum atomic E-state index is -0.694. The van der Waals surface area contributed by atoms with Crippen molar-refractivity contribution in [3.8, 4) is 0 Å². The van der Waals surface area contributed by atoms with Crippen LogP contribution in [0.4, 0.5) is 5.69 Å². The molecule has 0 atom stereocenters. The molecule has 2 fully saturated rings. The van der Waals surface area contributed by atoms with E-state index in [9.17, 15) is 24.0 Å². The second-order valence-electron chi connectivity index (χ2n) is 7.63. The minimum absolute atomic E-state index is 0.0465. The van der Waals surface area contributed by atoms with E-state index in [0.717, 1.165) is 24.2 Å².